The molecule has 7 heteroatoms. The number of nitrogens with zero attached hydrogens (tertiary/aromatic N) is 3. The van der Waals surface area contributed by atoms with Gasteiger partial charge in [-0.1, -0.05) is 32.9 Å². The van der Waals surface area contributed by atoms with E-state index in [1.165, 1.54) is 30.3 Å². The van der Waals surface area contributed by atoms with Crippen LogP contribution in [0.5, 0.6) is 0 Å². The SMILES string of the molecule is CC(C)(C)CC(=O)Nc1cncc(-c2ccc3[nH]nc(-c4cc5c(N6CCCCC6)cccc5[nH]4)c3c2)c1. The number of piperidine rings is 1. The van der Waals surface area contributed by atoms with Crippen LogP contribution >= 0.6 is 0 Å². The molecule has 3 N–H and O–H groups in total. The summed E-state index contributed by atoms with van der Waals surface area (Å²) in [5, 5.41) is 13.1. The maximum Gasteiger partial charge on any atom is 0.224 e. The van der Waals surface area contributed by atoms with E-state index in [1.54, 1.807) is 6.20 Å². The molecule has 0 aliphatic carbocycles. The van der Waals surface area contributed by atoms with E-state index in [0.29, 0.717) is 12.1 Å². The Kier molecular flexibility index (Phi) is 6.14. The number of carbonyl (C=O) groups is 1. The van der Waals surface area contributed by atoms with Crippen molar-refractivity contribution >= 4 is 39.1 Å². The molecule has 0 radical (unpaired) electrons. The van der Waals surface area contributed by atoms with Crippen molar-refractivity contribution in [1.29, 1.82) is 0 Å². The fourth-order valence-electron chi connectivity index (χ4n) is 5.43. The molecular weight excluding hydrogens is 472 g/mol. The lowest BCUT2D eigenvalue weighted by Gasteiger charge is -2.29. The molecule has 0 unspecified atom stereocenters. The van der Waals surface area contributed by atoms with Crippen LogP contribution in [0.1, 0.15) is 46.5 Å². The molecule has 1 aliphatic heterocycles. The van der Waals surface area contributed by atoms with Gasteiger partial charge in [-0.2, -0.15) is 5.10 Å². The second-order valence-corrected chi connectivity index (χ2v) is 11.5. The Morgan fingerprint density at radius 1 is 0.947 bits per heavy atom. The lowest BCUT2D eigenvalue weighted by molar-refractivity contribution is -0.117. The first-order valence-corrected chi connectivity index (χ1v) is 13.4. The highest BCUT2D eigenvalue weighted by atomic mass is 16.1. The number of carbonyl (C=O) groups excluding carboxylic acids is 1. The van der Waals surface area contributed by atoms with Crippen molar-refractivity contribution in [3.8, 4) is 22.5 Å². The molecule has 7 nitrogen and oxygen atoms in total. The molecule has 1 fully saturated rings. The third-order valence-corrected chi connectivity index (χ3v) is 7.20. The molecule has 0 spiro atoms. The molecule has 4 heterocycles. The first kappa shape index (κ1) is 24.2. The van der Waals surface area contributed by atoms with Crippen LogP contribution in [0.2, 0.25) is 0 Å². The normalized spacial score (nSPS) is 14.3. The topological polar surface area (TPSA) is 89.7 Å². The van der Waals surface area contributed by atoms with Crippen molar-refractivity contribution < 1.29 is 4.79 Å². The molecule has 0 saturated carbocycles. The van der Waals surface area contributed by atoms with Gasteiger partial charge in [-0.25, -0.2) is 0 Å². The summed E-state index contributed by atoms with van der Waals surface area (Å²) in [5.74, 6) is -0.00763. The second kappa shape index (κ2) is 9.63. The van der Waals surface area contributed by atoms with Crippen LogP contribution < -0.4 is 10.2 Å². The molecule has 38 heavy (non-hydrogen) atoms. The van der Waals surface area contributed by atoms with E-state index in [2.05, 4.69) is 87.6 Å². The minimum Gasteiger partial charge on any atom is -0.371 e. The minimum absolute atomic E-state index is 0.00763. The summed E-state index contributed by atoms with van der Waals surface area (Å²) in [6, 6.07) is 17.0. The summed E-state index contributed by atoms with van der Waals surface area (Å²) < 4.78 is 0. The number of hydrogen-bond acceptors (Lipinski definition) is 4. The van der Waals surface area contributed by atoms with Gasteiger partial charge in [0, 0.05) is 53.2 Å². The van der Waals surface area contributed by atoms with Gasteiger partial charge in [0.1, 0.15) is 5.69 Å². The van der Waals surface area contributed by atoms with Crippen LogP contribution in [-0.2, 0) is 4.79 Å². The average Bonchev–Trinajstić information content (AvgIpc) is 3.51. The zero-order valence-corrected chi connectivity index (χ0v) is 22.3. The van der Waals surface area contributed by atoms with Gasteiger partial charge in [-0.05, 0) is 66.6 Å². The molecular formula is C31H34N6O. The van der Waals surface area contributed by atoms with Crippen molar-refractivity contribution in [3.05, 3.63) is 60.9 Å². The monoisotopic (exact) mass is 506 g/mol. The number of benzene rings is 2. The highest BCUT2D eigenvalue weighted by molar-refractivity contribution is 6.01. The first-order chi connectivity index (χ1) is 18.3. The summed E-state index contributed by atoms with van der Waals surface area (Å²) >= 11 is 0. The number of aromatic nitrogens is 4. The summed E-state index contributed by atoms with van der Waals surface area (Å²) in [6.07, 6.45) is 7.78. The molecule has 1 saturated heterocycles. The van der Waals surface area contributed by atoms with E-state index in [-0.39, 0.29) is 11.3 Å². The number of nitrogens with one attached hydrogen (secondary N) is 3. The molecule has 5 aromatic rings. The highest BCUT2D eigenvalue weighted by Gasteiger charge is 2.18. The molecule has 1 aliphatic rings. The molecule has 6 rings (SSSR count). The van der Waals surface area contributed by atoms with Crippen molar-refractivity contribution in [2.24, 2.45) is 5.41 Å². The zero-order valence-electron chi connectivity index (χ0n) is 22.3. The Bertz CT molecular complexity index is 1620. The lowest BCUT2D eigenvalue weighted by Crippen LogP contribution is -2.29. The number of fused-ring (bicyclic) bond motifs is 2. The standard InChI is InChI=1S/C31H34N6O/c1-31(2,3)17-29(38)33-22-14-21(18-32-19-22)20-10-11-26-24(15-20)30(36-35-26)27-16-23-25(34-27)8-7-9-28(23)37-12-5-4-6-13-37/h7-11,14-16,18-19,34H,4-6,12-13,17H2,1-3H3,(H,33,38)(H,35,36). The van der Waals surface area contributed by atoms with Gasteiger partial charge in [0.05, 0.1) is 23.1 Å². The quantitative estimate of drug-likeness (QED) is 0.236. The molecule has 3 aromatic heterocycles. The van der Waals surface area contributed by atoms with Crippen molar-refractivity contribution in [2.75, 3.05) is 23.3 Å². The third-order valence-electron chi connectivity index (χ3n) is 7.20. The number of anilines is 2. The molecule has 0 bridgehead atoms. The van der Waals surface area contributed by atoms with Gasteiger partial charge in [-0.3, -0.25) is 14.9 Å². The minimum atomic E-state index is -0.0744. The van der Waals surface area contributed by atoms with Crippen LogP contribution in [0.15, 0.2) is 60.9 Å². The van der Waals surface area contributed by atoms with E-state index in [0.717, 1.165) is 52.0 Å². The predicted octanol–water partition coefficient (Wildman–Crippen LogP) is 7.14. The summed E-state index contributed by atoms with van der Waals surface area (Å²) in [5.41, 5.74) is 7.86. The van der Waals surface area contributed by atoms with Crippen LogP contribution in [0.4, 0.5) is 11.4 Å². The molecule has 2 aromatic carbocycles. The van der Waals surface area contributed by atoms with Crippen molar-refractivity contribution in [1.82, 2.24) is 20.2 Å². The van der Waals surface area contributed by atoms with Crippen LogP contribution in [0, 0.1) is 5.41 Å². The first-order valence-electron chi connectivity index (χ1n) is 13.4. The highest BCUT2D eigenvalue weighted by Crippen LogP contribution is 2.35. The number of rotatable bonds is 5. The Morgan fingerprint density at radius 3 is 2.61 bits per heavy atom. The van der Waals surface area contributed by atoms with Crippen molar-refractivity contribution in [2.45, 2.75) is 46.5 Å². The van der Waals surface area contributed by atoms with Crippen LogP contribution in [0.3, 0.4) is 0 Å². The van der Waals surface area contributed by atoms with E-state index in [4.69, 9.17) is 0 Å². The lowest BCUT2D eigenvalue weighted by atomic mass is 9.92. The average molecular weight is 507 g/mol. The van der Waals surface area contributed by atoms with Crippen molar-refractivity contribution in [3.63, 3.8) is 0 Å². The Balaban J connectivity index is 1.33. The number of aromatic amines is 2. The number of amides is 1. The fraction of sp³-hybridized carbons (Fsp3) is 0.323. The van der Waals surface area contributed by atoms with Gasteiger partial charge in [0.2, 0.25) is 5.91 Å². The third kappa shape index (κ3) is 4.88. The van der Waals surface area contributed by atoms with Gasteiger partial charge >= 0.3 is 0 Å². The van der Waals surface area contributed by atoms with E-state index in [1.807, 2.05) is 18.3 Å². The summed E-state index contributed by atoms with van der Waals surface area (Å²) in [4.78, 5) is 23.0. The molecule has 1 amide bonds. The second-order valence-electron chi connectivity index (χ2n) is 11.5. The maximum absolute atomic E-state index is 12.5. The Hall–Kier alpha value is -4.13. The molecule has 194 valence electrons. The van der Waals surface area contributed by atoms with Gasteiger partial charge in [0.15, 0.2) is 0 Å². The number of H-pyrrole nitrogens is 2. The molecule has 0 atom stereocenters. The number of hydrogen-bond donors (Lipinski definition) is 3. The predicted molar refractivity (Wildman–Crippen MR) is 155 cm³/mol. The van der Waals surface area contributed by atoms with Gasteiger partial charge in [-0.15, -0.1) is 0 Å². The Morgan fingerprint density at radius 2 is 1.79 bits per heavy atom. The van der Waals surface area contributed by atoms with E-state index in [9.17, 15) is 4.79 Å². The summed E-state index contributed by atoms with van der Waals surface area (Å²) in [6.45, 7) is 8.39. The fourth-order valence-corrected chi connectivity index (χ4v) is 5.43. The smallest absolute Gasteiger partial charge is 0.224 e. The maximum atomic E-state index is 12.5. The van der Waals surface area contributed by atoms with E-state index >= 15 is 0 Å². The largest absolute Gasteiger partial charge is 0.371 e. The van der Waals surface area contributed by atoms with Crippen LogP contribution in [-0.4, -0.2) is 39.2 Å². The zero-order chi connectivity index (χ0) is 26.3. The van der Waals surface area contributed by atoms with Gasteiger partial charge < -0.3 is 15.2 Å². The number of pyridine rings is 1. The Labute approximate surface area is 222 Å². The summed E-state index contributed by atoms with van der Waals surface area (Å²) in [7, 11) is 0. The van der Waals surface area contributed by atoms with E-state index < -0.39 is 0 Å². The van der Waals surface area contributed by atoms with Crippen LogP contribution in [0.25, 0.3) is 44.3 Å². The van der Waals surface area contributed by atoms with Gasteiger partial charge in [0.25, 0.3) is 0 Å².